The number of rotatable bonds is 10. The van der Waals surface area contributed by atoms with Crippen molar-refractivity contribution in [1.82, 2.24) is 0 Å². The molecule has 3 unspecified atom stereocenters. The van der Waals surface area contributed by atoms with Crippen molar-refractivity contribution in [3.05, 3.63) is 59.7 Å². The van der Waals surface area contributed by atoms with Gasteiger partial charge in [-0.15, -0.1) is 0 Å². The molecule has 0 saturated carbocycles. The Kier molecular flexibility index (Phi) is 7.51. The van der Waals surface area contributed by atoms with Crippen LogP contribution in [0.1, 0.15) is 37.3 Å². The number of ether oxygens (including phenoxy) is 1. The molecule has 0 saturated heterocycles. The summed E-state index contributed by atoms with van der Waals surface area (Å²) in [5.74, 6) is -3.89. The van der Waals surface area contributed by atoms with Gasteiger partial charge >= 0.3 is 17.9 Å². The molecular formula is C26H27N2O10+. The summed E-state index contributed by atoms with van der Waals surface area (Å²) in [6.45, 7) is 1.61. The third-order valence-corrected chi connectivity index (χ3v) is 6.35. The molecule has 0 aliphatic carbocycles. The van der Waals surface area contributed by atoms with E-state index < -0.39 is 42.0 Å². The van der Waals surface area contributed by atoms with Crippen molar-refractivity contribution >= 4 is 29.3 Å². The topological polar surface area (TPSA) is 175 Å². The highest BCUT2D eigenvalue weighted by Gasteiger charge is 2.58. The average Bonchev–Trinajstić information content (AvgIpc) is 3.42. The third kappa shape index (κ3) is 5.53. The molecule has 4 N–H and O–H groups in total. The molecule has 2 aromatic carbocycles. The van der Waals surface area contributed by atoms with Crippen LogP contribution in [0, 0.1) is 5.92 Å². The SMILES string of the molecule is CCOC(=O)CC1(C(=O)O)CC(c2ccc(O)cc2)=[N+](CC2C(c3ccc(O)cc3)=NOC2CC(=O)O)O1. The third-order valence-electron chi connectivity index (χ3n) is 6.35. The predicted molar refractivity (Wildman–Crippen MR) is 130 cm³/mol. The van der Waals surface area contributed by atoms with E-state index in [1.165, 1.54) is 29.0 Å². The lowest BCUT2D eigenvalue weighted by Gasteiger charge is -2.19. The smallest absolute Gasteiger partial charge is 0.356 e. The molecular weight excluding hydrogens is 500 g/mol. The number of carbonyl (C=O) groups is 3. The molecule has 0 radical (unpaired) electrons. The Balaban J connectivity index is 1.75. The van der Waals surface area contributed by atoms with Crippen molar-refractivity contribution in [3.63, 3.8) is 0 Å². The molecule has 2 aliphatic rings. The fourth-order valence-electron chi connectivity index (χ4n) is 4.51. The first-order valence-corrected chi connectivity index (χ1v) is 11.9. The van der Waals surface area contributed by atoms with Crippen molar-refractivity contribution < 1.29 is 54.0 Å². The van der Waals surface area contributed by atoms with Crippen LogP contribution >= 0.6 is 0 Å². The fraction of sp³-hybridized carbons (Fsp3) is 0.346. The van der Waals surface area contributed by atoms with Gasteiger partial charge in [-0.05, 0) is 60.2 Å². The first kappa shape index (κ1) is 26.5. The molecule has 0 aromatic heterocycles. The maximum atomic E-state index is 12.4. The van der Waals surface area contributed by atoms with Gasteiger partial charge in [0.1, 0.15) is 29.5 Å². The summed E-state index contributed by atoms with van der Waals surface area (Å²) < 4.78 is 6.31. The van der Waals surface area contributed by atoms with Crippen LogP contribution in [0.15, 0.2) is 53.7 Å². The molecule has 12 nitrogen and oxygen atoms in total. The fourth-order valence-corrected chi connectivity index (χ4v) is 4.51. The number of esters is 1. The molecule has 12 heteroatoms. The highest BCUT2D eigenvalue weighted by molar-refractivity contribution is 6.04. The molecule has 4 rings (SSSR count). The zero-order chi connectivity index (χ0) is 27.4. The number of hydroxylamine groups is 1. The number of hydrogen-bond donors (Lipinski definition) is 4. The highest BCUT2D eigenvalue weighted by atomic mass is 16.7. The van der Waals surface area contributed by atoms with Gasteiger partial charge in [-0.2, -0.15) is 0 Å². The second-order valence-electron chi connectivity index (χ2n) is 8.98. The molecule has 2 heterocycles. The van der Waals surface area contributed by atoms with Gasteiger partial charge in [-0.25, -0.2) is 4.79 Å². The Labute approximate surface area is 216 Å². The molecule has 38 heavy (non-hydrogen) atoms. The van der Waals surface area contributed by atoms with Crippen molar-refractivity contribution in [3.8, 4) is 11.5 Å². The van der Waals surface area contributed by atoms with Crippen LogP contribution < -0.4 is 0 Å². The minimum Gasteiger partial charge on any atom is -0.508 e. The molecule has 0 spiro atoms. The molecule has 2 aliphatic heterocycles. The summed E-state index contributed by atoms with van der Waals surface area (Å²) in [5.41, 5.74) is -0.0728. The minimum atomic E-state index is -1.98. The van der Waals surface area contributed by atoms with Crippen LogP contribution in [0.5, 0.6) is 11.5 Å². The molecule has 2 aromatic rings. The van der Waals surface area contributed by atoms with Crippen LogP contribution in [0.25, 0.3) is 0 Å². The van der Waals surface area contributed by atoms with Crippen LogP contribution in [-0.4, -0.2) is 79.4 Å². The summed E-state index contributed by atoms with van der Waals surface area (Å²) in [5, 5.41) is 43.1. The van der Waals surface area contributed by atoms with E-state index in [0.717, 1.165) is 0 Å². The van der Waals surface area contributed by atoms with Gasteiger partial charge in [-0.1, -0.05) is 5.16 Å². The standard InChI is InChI=1S/C26H26N2O10/c1-2-36-23(33)13-26(25(34)35)12-20(15-3-7-17(29)8-4-15)28(38-26)14-19-21(11-22(31)32)37-27-24(19)16-5-9-18(30)10-6-16/h3-10,19,21H,2,11-14H2,1H3,(H3,27,30,31,32,34,35)/p+1. The lowest BCUT2D eigenvalue weighted by Crippen LogP contribution is -2.43. The van der Waals surface area contributed by atoms with Gasteiger partial charge in [-0.3, -0.25) is 14.4 Å². The van der Waals surface area contributed by atoms with E-state index in [1.54, 1.807) is 31.2 Å². The summed E-state index contributed by atoms with van der Waals surface area (Å²) in [7, 11) is 0. The van der Waals surface area contributed by atoms with Crippen LogP contribution in [-0.2, 0) is 28.8 Å². The quantitative estimate of drug-likeness (QED) is 0.264. The van der Waals surface area contributed by atoms with Crippen LogP contribution in [0.2, 0.25) is 0 Å². The molecule has 200 valence electrons. The normalized spacial score (nSPS) is 22.4. The summed E-state index contributed by atoms with van der Waals surface area (Å²) in [4.78, 5) is 47.8. The number of carbonyl (C=O) groups excluding carboxylic acids is 1. The second kappa shape index (κ2) is 10.8. The van der Waals surface area contributed by atoms with E-state index in [4.69, 9.17) is 14.4 Å². The number of aromatic hydroxyl groups is 2. The second-order valence-corrected chi connectivity index (χ2v) is 8.98. The van der Waals surface area contributed by atoms with Crippen LogP contribution in [0.4, 0.5) is 0 Å². The van der Waals surface area contributed by atoms with Gasteiger partial charge in [0.2, 0.25) is 12.3 Å². The first-order valence-electron chi connectivity index (χ1n) is 11.9. The van der Waals surface area contributed by atoms with E-state index in [1.807, 2.05) is 0 Å². The number of carboxylic acids is 2. The number of phenols is 2. The van der Waals surface area contributed by atoms with E-state index in [-0.39, 0.29) is 37.5 Å². The van der Waals surface area contributed by atoms with Crippen molar-refractivity contribution in [2.45, 2.75) is 37.9 Å². The van der Waals surface area contributed by atoms with Crippen molar-refractivity contribution in [2.24, 2.45) is 11.1 Å². The number of phenolic OH excluding ortho intramolecular Hbond substituents is 2. The van der Waals surface area contributed by atoms with E-state index in [0.29, 0.717) is 22.6 Å². The Hall–Kier alpha value is -4.61. The van der Waals surface area contributed by atoms with E-state index in [9.17, 15) is 34.8 Å². The number of aliphatic carboxylic acids is 2. The van der Waals surface area contributed by atoms with Gasteiger partial charge in [0, 0.05) is 11.1 Å². The average molecular weight is 528 g/mol. The zero-order valence-electron chi connectivity index (χ0n) is 20.4. The molecule has 0 fully saturated rings. The van der Waals surface area contributed by atoms with Gasteiger partial charge < -0.3 is 30.0 Å². The minimum absolute atomic E-state index is 0.00306. The largest absolute Gasteiger partial charge is 0.508 e. The highest BCUT2D eigenvalue weighted by Crippen LogP contribution is 2.34. The summed E-state index contributed by atoms with van der Waals surface area (Å²) in [6, 6.07) is 12.1. The lowest BCUT2D eigenvalue weighted by molar-refractivity contribution is -0.794. The van der Waals surface area contributed by atoms with Gasteiger partial charge in [0.05, 0.1) is 19.4 Å². The number of hydrogen-bond acceptors (Lipinski definition) is 9. The Morgan fingerprint density at radius 1 is 1.03 bits per heavy atom. The van der Waals surface area contributed by atoms with Gasteiger partial charge in [0.15, 0.2) is 6.10 Å². The van der Waals surface area contributed by atoms with Crippen LogP contribution in [0.3, 0.4) is 0 Å². The monoisotopic (exact) mass is 527 g/mol. The number of oxime groups is 1. The first-order chi connectivity index (χ1) is 18.1. The molecule has 0 amide bonds. The predicted octanol–water partition coefficient (Wildman–Crippen LogP) is 1.91. The van der Waals surface area contributed by atoms with Crippen molar-refractivity contribution in [1.29, 1.82) is 0 Å². The van der Waals surface area contributed by atoms with E-state index in [2.05, 4.69) is 5.16 Å². The molecule has 0 bridgehead atoms. The van der Waals surface area contributed by atoms with Gasteiger partial charge in [0.25, 0.3) is 5.60 Å². The maximum absolute atomic E-state index is 12.4. The number of carboxylic acid groups (broad SMARTS) is 2. The lowest BCUT2D eigenvalue weighted by atomic mass is 9.90. The number of nitrogens with zero attached hydrogens (tertiary/aromatic N) is 2. The zero-order valence-corrected chi connectivity index (χ0v) is 20.4. The maximum Gasteiger partial charge on any atom is 0.356 e. The Bertz CT molecular complexity index is 1290. The number of benzene rings is 2. The summed E-state index contributed by atoms with van der Waals surface area (Å²) in [6.07, 6.45) is -2.04. The van der Waals surface area contributed by atoms with Crippen molar-refractivity contribution in [2.75, 3.05) is 13.2 Å². The summed E-state index contributed by atoms with van der Waals surface area (Å²) >= 11 is 0. The van der Waals surface area contributed by atoms with E-state index >= 15 is 0 Å². The Morgan fingerprint density at radius 2 is 1.63 bits per heavy atom. The molecule has 3 atom stereocenters. The Morgan fingerprint density at radius 3 is 2.18 bits per heavy atom.